The first-order valence-electron chi connectivity index (χ1n) is 8.91. The van der Waals surface area contributed by atoms with Crippen LogP contribution < -0.4 is 9.46 Å². The average molecular weight is 427 g/mol. The van der Waals surface area contributed by atoms with Crippen LogP contribution in [0.2, 0.25) is 0 Å². The van der Waals surface area contributed by atoms with E-state index >= 15 is 0 Å². The molecule has 2 aromatic carbocycles. The lowest BCUT2D eigenvalue weighted by Crippen LogP contribution is -2.12. The number of benzene rings is 2. The van der Waals surface area contributed by atoms with Gasteiger partial charge in [-0.2, -0.15) is 0 Å². The van der Waals surface area contributed by atoms with Crippen molar-refractivity contribution < 1.29 is 13.2 Å². The molecule has 148 valence electrons. The normalized spacial score (nSPS) is 11.5. The van der Waals surface area contributed by atoms with Gasteiger partial charge >= 0.3 is 0 Å². The molecule has 4 rings (SSSR count). The largest absolute Gasteiger partial charge is 0.477 e. The summed E-state index contributed by atoms with van der Waals surface area (Å²) in [6.45, 7) is 4.28. The molecule has 0 spiro atoms. The third kappa shape index (κ3) is 4.20. The molecule has 0 radical (unpaired) electrons. The van der Waals surface area contributed by atoms with Gasteiger partial charge in [0.15, 0.2) is 0 Å². The highest BCUT2D eigenvalue weighted by molar-refractivity contribution is 7.92. The van der Waals surface area contributed by atoms with Crippen molar-refractivity contribution in [3.8, 4) is 17.1 Å². The minimum absolute atomic E-state index is 0.194. The summed E-state index contributed by atoms with van der Waals surface area (Å²) in [5, 5.41) is 9.05. The van der Waals surface area contributed by atoms with Gasteiger partial charge in [-0.05, 0) is 50.2 Å². The summed E-state index contributed by atoms with van der Waals surface area (Å²) in [6.07, 6.45) is 0. The highest BCUT2D eigenvalue weighted by Crippen LogP contribution is 2.27. The molecule has 0 aliphatic carbocycles. The monoisotopic (exact) mass is 426 g/mol. The van der Waals surface area contributed by atoms with Crippen LogP contribution in [-0.4, -0.2) is 30.2 Å². The number of nitrogens with one attached hydrogen (secondary N) is 1. The smallest absolute Gasteiger partial charge is 0.261 e. The van der Waals surface area contributed by atoms with E-state index in [4.69, 9.17) is 4.74 Å². The number of aryl methyl sites for hydroxylation is 1. The lowest BCUT2D eigenvalue weighted by atomic mass is 10.1. The van der Waals surface area contributed by atoms with E-state index in [1.165, 1.54) is 11.3 Å². The van der Waals surface area contributed by atoms with E-state index in [9.17, 15) is 8.42 Å². The van der Waals surface area contributed by atoms with Gasteiger partial charge in [0.05, 0.1) is 32.4 Å². The zero-order valence-corrected chi connectivity index (χ0v) is 17.4. The summed E-state index contributed by atoms with van der Waals surface area (Å²) in [7, 11) is -3.74. The van der Waals surface area contributed by atoms with E-state index < -0.39 is 10.0 Å². The fourth-order valence-corrected chi connectivity index (χ4v) is 4.86. The molecule has 0 bridgehead atoms. The number of ether oxygens (including phenoxy) is 1. The van der Waals surface area contributed by atoms with Crippen molar-refractivity contribution in [2.45, 2.75) is 18.7 Å². The third-order valence-electron chi connectivity index (χ3n) is 4.12. The first-order chi connectivity index (χ1) is 13.9. The van der Waals surface area contributed by atoms with Gasteiger partial charge in [0.25, 0.3) is 10.0 Å². The topological polar surface area (TPSA) is 94.1 Å². The third-order valence-corrected chi connectivity index (χ3v) is 6.43. The quantitative estimate of drug-likeness (QED) is 0.495. The Morgan fingerprint density at radius 3 is 2.69 bits per heavy atom. The summed E-state index contributed by atoms with van der Waals surface area (Å²) < 4.78 is 34.5. The average Bonchev–Trinajstić information content (AvgIpc) is 3.08. The second kappa shape index (κ2) is 7.76. The van der Waals surface area contributed by atoms with E-state index in [0.717, 1.165) is 20.8 Å². The maximum Gasteiger partial charge on any atom is 0.261 e. The Morgan fingerprint density at radius 2 is 1.93 bits per heavy atom. The van der Waals surface area contributed by atoms with E-state index in [1.54, 1.807) is 48.5 Å². The molecule has 0 aliphatic heterocycles. The van der Waals surface area contributed by atoms with Crippen LogP contribution in [0.25, 0.3) is 21.5 Å². The second-order valence-electron chi connectivity index (χ2n) is 6.24. The van der Waals surface area contributed by atoms with Crippen LogP contribution in [0.5, 0.6) is 5.88 Å². The predicted molar refractivity (Wildman–Crippen MR) is 114 cm³/mol. The fourth-order valence-electron chi connectivity index (χ4n) is 2.84. The fraction of sp³-hybridized carbons (Fsp3) is 0.150. The van der Waals surface area contributed by atoms with Crippen molar-refractivity contribution in [1.82, 2.24) is 15.2 Å². The van der Waals surface area contributed by atoms with E-state index in [1.807, 2.05) is 19.9 Å². The first-order valence-corrected chi connectivity index (χ1v) is 11.2. The highest BCUT2D eigenvalue weighted by Gasteiger charge is 2.16. The first kappa shape index (κ1) is 19.3. The summed E-state index contributed by atoms with van der Waals surface area (Å²) in [5.74, 6) is 0.446. The van der Waals surface area contributed by atoms with Gasteiger partial charge in [-0.25, -0.2) is 13.4 Å². The number of thiazole rings is 1. The van der Waals surface area contributed by atoms with Crippen molar-refractivity contribution in [3.05, 3.63) is 59.6 Å². The van der Waals surface area contributed by atoms with E-state index in [-0.39, 0.29) is 4.90 Å². The molecule has 0 saturated carbocycles. The second-order valence-corrected chi connectivity index (χ2v) is 9.16. The molecule has 0 atom stereocenters. The molecule has 2 heterocycles. The van der Waals surface area contributed by atoms with Crippen LogP contribution >= 0.6 is 11.3 Å². The number of hydrogen-bond donors (Lipinski definition) is 1. The SMILES string of the molecule is CCOc1ccc(-c2cccc(NS(=O)(=O)c3ccc4nc(C)sc4c3)c2)nn1. The molecule has 9 heteroatoms. The zero-order valence-electron chi connectivity index (χ0n) is 15.8. The lowest BCUT2D eigenvalue weighted by molar-refractivity contribution is 0.323. The molecule has 0 amide bonds. The molecule has 1 N–H and O–H groups in total. The van der Waals surface area contributed by atoms with Crippen molar-refractivity contribution in [3.63, 3.8) is 0 Å². The molecule has 0 fully saturated rings. The number of aromatic nitrogens is 3. The molecule has 0 saturated heterocycles. The standard InChI is InChI=1S/C20H18N4O3S2/c1-3-27-20-10-9-17(22-23-20)14-5-4-6-15(11-14)24-29(25,26)16-7-8-18-19(12-16)28-13(2)21-18/h4-12,24H,3H2,1-2H3. The highest BCUT2D eigenvalue weighted by atomic mass is 32.2. The van der Waals surface area contributed by atoms with Crippen LogP contribution in [0.1, 0.15) is 11.9 Å². The molecular formula is C20H18N4O3S2. The summed E-state index contributed by atoms with van der Waals surface area (Å²) in [6, 6.07) is 15.5. The molecular weight excluding hydrogens is 408 g/mol. The van der Waals surface area contributed by atoms with Crippen molar-refractivity contribution >= 4 is 37.3 Å². The zero-order chi connectivity index (χ0) is 20.4. The Hall–Kier alpha value is -3.04. The van der Waals surface area contributed by atoms with Gasteiger partial charge in [-0.15, -0.1) is 21.5 Å². The number of rotatable bonds is 6. The number of hydrogen-bond acceptors (Lipinski definition) is 7. The summed E-state index contributed by atoms with van der Waals surface area (Å²) in [4.78, 5) is 4.56. The van der Waals surface area contributed by atoms with Gasteiger partial charge < -0.3 is 4.74 Å². The minimum atomic E-state index is -3.74. The molecule has 0 unspecified atom stereocenters. The molecule has 2 aromatic heterocycles. The number of anilines is 1. The van der Waals surface area contributed by atoms with Gasteiger partial charge in [0.2, 0.25) is 5.88 Å². The van der Waals surface area contributed by atoms with E-state index in [0.29, 0.717) is 23.9 Å². The Labute approximate surface area is 172 Å². The Morgan fingerprint density at radius 1 is 1.07 bits per heavy atom. The predicted octanol–water partition coefficient (Wildman–Crippen LogP) is 4.26. The van der Waals surface area contributed by atoms with Crippen LogP contribution in [0.3, 0.4) is 0 Å². The summed E-state index contributed by atoms with van der Waals surface area (Å²) >= 11 is 1.46. The number of sulfonamides is 1. The Kier molecular flexibility index (Phi) is 5.16. The van der Waals surface area contributed by atoms with Crippen molar-refractivity contribution in [1.29, 1.82) is 0 Å². The maximum absolute atomic E-state index is 12.8. The molecule has 29 heavy (non-hydrogen) atoms. The molecule has 4 aromatic rings. The summed E-state index contributed by atoms with van der Waals surface area (Å²) in [5.41, 5.74) is 2.60. The molecule has 7 nitrogen and oxygen atoms in total. The Balaban J connectivity index is 1.60. The maximum atomic E-state index is 12.8. The van der Waals surface area contributed by atoms with Gasteiger partial charge in [-0.3, -0.25) is 4.72 Å². The van der Waals surface area contributed by atoms with Gasteiger partial charge in [0, 0.05) is 17.3 Å². The van der Waals surface area contributed by atoms with E-state index in [2.05, 4.69) is 19.9 Å². The van der Waals surface area contributed by atoms with Crippen molar-refractivity contribution in [2.75, 3.05) is 11.3 Å². The number of fused-ring (bicyclic) bond motifs is 1. The Bertz CT molecular complexity index is 1270. The minimum Gasteiger partial charge on any atom is -0.477 e. The van der Waals surface area contributed by atoms with Gasteiger partial charge in [0.1, 0.15) is 0 Å². The van der Waals surface area contributed by atoms with Crippen molar-refractivity contribution in [2.24, 2.45) is 0 Å². The van der Waals surface area contributed by atoms with Crippen LogP contribution in [-0.2, 0) is 10.0 Å². The van der Waals surface area contributed by atoms with Gasteiger partial charge in [-0.1, -0.05) is 12.1 Å². The van der Waals surface area contributed by atoms with Crippen LogP contribution in [0.15, 0.2) is 59.5 Å². The lowest BCUT2D eigenvalue weighted by Gasteiger charge is -2.10. The molecule has 0 aliphatic rings. The van der Waals surface area contributed by atoms with Crippen LogP contribution in [0, 0.1) is 6.92 Å². The number of nitrogens with zero attached hydrogens (tertiary/aromatic N) is 3. The van der Waals surface area contributed by atoms with Crippen LogP contribution in [0.4, 0.5) is 5.69 Å².